The van der Waals surface area contributed by atoms with E-state index in [0.29, 0.717) is 5.56 Å². The lowest BCUT2D eigenvalue weighted by Gasteiger charge is -2.00. The molecule has 0 aliphatic rings. The standard InChI is InChI=1S/C11H8ClN5O3S/c1-6-10(18)16(11(21)15-14-6)13-5-7-2-3-8(12)9(4-7)17(19)20/h2-5H,1H3,(H,15,21)/b13-5+. The Morgan fingerprint density at radius 1 is 1.57 bits per heavy atom. The predicted molar refractivity (Wildman–Crippen MR) is 79.5 cm³/mol. The minimum Gasteiger partial charge on any atom is -0.265 e. The van der Waals surface area contributed by atoms with Crippen molar-refractivity contribution in [3.63, 3.8) is 0 Å². The smallest absolute Gasteiger partial charge is 0.265 e. The molecule has 2 aromatic rings. The van der Waals surface area contributed by atoms with Crippen molar-refractivity contribution in [1.29, 1.82) is 0 Å². The van der Waals surface area contributed by atoms with Gasteiger partial charge in [-0.15, -0.1) is 0 Å². The maximum absolute atomic E-state index is 11.8. The van der Waals surface area contributed by atoms with Crippen LogP contribution < -0.4 is 5.56 Å². The van der Waals surface area contributed by atoms with Crippen molar-refractivity contribution in [2.45, 2.75) is 6.92 Å². The Morgan fingerprint density at radius 3 is 2.95 bits per heavy atom. The zero-order valence-electron chi connectivity index (χ0n) is 10.6. The van der Waals surface area contributed by atoms with E-state index in [0.717, 1.165) is 4.68 Å². The van der Waals surface area contributed by atoms with Crippen LogP contribution in [0.1, 0.15) is 11.3 Å². The van der Waals surface area contributed by atoms with E-state index in [1.54, 1.807) is 0 Å². The summed E-state index contributed by atoms with van der Waals surface area (Å²) in [6, 6.07) is 4.16. The van der Waals surface area contributed by atoms with Crippen molar-refractivity contribution < 1.29 is 4.92 Å². The highest BCUT2D eigenvalue weighted by molar-refractivity contribution is 7.71. The summed E-state index contributed by atoms with van der Waals surface area (Å²) in [6.07, 6.45) is 1.27. The fourth-order valence-corrected chi connectivity index (χ4v) is 1.81. The van der Waals surface area contributed by atoms with Gasteiger partial charge in [0.15, 0.2) is 0 Å². The molecular weight excluding hydrogens is 318 g/mol. The van der Waals surface area contributed by atoms with Crippen molar-refractivity contribution in [2.75, 3.05) is 0 Å². The molecule has 1 N–H and O–H groups in total. The third-order valence-electron chi connectivity index (χ3n) is 2.50. The summed E-state index contributed by atoms with van der Waals surface area (Å²) in [5, 5.41) is 20.9. The van der Waals surface area contributed by atoms with Crippen molar-refractivity contribution in [3.8, 4) is 0 Å². The van der Waals surface area contributed by atoms with Gasteiger partial charge in [0.25, 0.3) is 11.2 Å². The van der Waals surface area contributed by atoms with Crippen LogP contribution in [0.3, 0.4) is 0 Å². The van der Waals surface area contributed by atoms with Crippen molar-refractivity contribution in [3.05, 3.63) is 59.7 Å². The molecule has 0 atom stereocenters. The Kier molecular flexibility index (Phi) is 4.24. The van der Waals surface area contributed by atoms with Crippen molar-refractivity contribution in [1.82, 2.24) is 14.9 Å². The molecule has 0 spiro atoms. The molecule has 8 nitrogen and oxygen atoms in total. The average Bonchev–Trinajstić information content (AvgIpc) is 2.44. The molecule has 0 fully saturated rings. The van der Waals surface area contributed by atoms with Crippen molar-refractivity contribution >= 4 is 35.7 Å². The van der Waals surface area contributed by atoms with Crippen LogP contribution >= 0.6 is 23.8 Å². The predicted octanol–water partition coefficient (Wildman–Crippen LogP) is 2.05. The number of nitro groups is 1. The Morgan fingerprint density at radius 2 is 2.29 bits per heavy atom. The molecule has 1 heterocycles. The number of halogens is 1. The van der Waals surface area contributed by atoms with Gasteiger partial charge in [0.1, 0.15) is 10.7 Å². The minimum absolute atomic E-state index is 0.0188. The number of aromatic nitrogens is 3. The van der Waals surface area contributed by atoms with E-state index in [1.165, 1.54) is 31.3 Å². The summed E-state index contributed by atoms with van der Waals surface area (Å²) in [6.45, 7) is 1.51. The lowest BCUT2D eigenvalue weighted by Crippen LogP contribution is -2.22. The molecule has 1 aromatic heterocycles. The Hall–Kier alpha value is -2.39. The maximum atomic E-state index is 11.8. The first kappa shape index (κ1) is 15.0. The first-order chi connectivity index (χ1) is 9.90. The van der Waals surface area contributed by atoms with Gasteiger partial charge >= 0.3 is 0 Å². The van der Waals surface area contributed by atoms with E-state index in [2.05, 4.69) is 15.3 Å². The monoisotopic (exact) mass is 325 g/mol. The first-order valence-corrected chi connectivity index (χ1v) is 6.35. The number of nitrogens with zero attached hydrogens (tertiary/aromatic N) is 4. The Bertz CT molecular complexity index is 858. The van der Waals surface area contributed by atoms with E-state index >= 15 is 0 Å². The first-order valence-electron chi connectivity index (χ1n) is 5.57. The molecule has 0 aliphatic carbocycles. The molecule has 2 rings (SSSR count). The topological polar surface area (TPSA) is 106 Å². The van der Waals surface area contributed by atoms with Gasteiger partial charge in [-0.1, -0.05) is 17.7 Å². The van der Waals surface area contributed by atoms with Gasteiger partial charge in [0.05, 0.1) is 11.1 Å². The number of aryl methyl sites for hydroxylation is 1. The number of hydrogen-bond donors (Lipinski definition) is 1. The highest BCUT2D eigenvalue weighted by atomic mass is 35.5. The van der Waals surface area contributed by atoms with Crippen LogP contribution in [0.5, 0.6) is 0 Å². The number of benzene rings is 1. The number of H-pyrrole nitrogens is 1. The minimum atomic E-state index is -0.602. The van der Waals surface area contributed by atoms with Crippen LogP contribution in [0.2, 0.25) is 5.02 Å². The number of hydrogen-bond acceptors (Lipinski definition) is 6. The van der Waals surface area contributed by atoms with Crippen LogP contribution in [0, 0.1) is 21.8 Å². The van der Waals surface area contributed by atoms with Crippen LogP contribution in [0.4, 0.5) is 5.69 Å². The summed E-state index contributed by atoms with van der Waals surface area (Å²) in [5.74, 6) is 0. The van der Waals surface area contributed by atoms with Gasteiger partial charge in [-0.25, -0.2) is 0 Å². The molecule has 1 aromatic carbocycles. The molecule has 0 aliphatic heterocycles. The number of rotatable bonds is 3. The van der Waals surface area contributed by atoms with Crippen LogP contribution in [0.25, 0.3) is 0 Å². The second kappa shape index (κ2) is 5.94. The van der Waals surface area contributed by atoms with Crippen LogP contribution in [-0.2, 0) is 0 Å². The number of nitro benzene ring substituents is 1. The summed E-state index contributed by atoms with van der Waals surface area (Å²) < 4.78 is 0.961. The Balaban J connectivity index is 2.46. The third kappa shape index (κ3) is 3.20. The van der Waals surface area contributed by atoms with Crippen LogP contribution in [-0.4, -0.2) is 26.0 Å². The van der Waals surface area contributed by atoms with Gasteiger partial charge in [0, 0.05) is 11.6 Å². The molecule has 0 saturated carbocycles. The summed E-state index contributed by atoms with van der Waals surface area (Å²) >= 11 is 10.6. The number of aromatic amines is 1. The summed E-state index contributed by atoms with van der Waals surface area (Å²) in [5.41, 5.74) is -0.118. The van der Waals surface area contributed by atoms with Gasteiger partial charge in [-0.05, 0) is 25.2 Å². The zero-order chi connectivity index (χ0) is 15.6. The molecule has 0 unspecified atom stereocenters. The normalized spacial score (nSPS) is 11.0. The molecule has 108 valence electrons. The van der Waals surface area contributed by atoms with Gasteiger partial charge in [0.2, 0.25) is 4.77 Å². The van der Waals surface area contributed by atoms with E-state index in [-0.39, 0.29) is 21.2 Å². The van der Waals surface area contributed by atoms with Crippen LogP contribution in [0.15, 0.2) is 28.1 Å². The van der Waals surface area contributed by atoms with Gasteiger partial charge < -0.3 is 0 Å². The highest BCUT2D eigenvalue weighted by Gasteiger charge is 2.12. The fourth-order valence-electron chi connectivity index (χ4n) is 1.45. The molecule has 0 saturated heterocycles. The zero-order valence-corrected chi connectivity index (χ0v) is 12.2. The Labute approximate surface area is 127 Å². The van der Waals surface area contributed by atoms with Crippen molar-refractivity contribution in [2.24, 2.45) is 5.10 Å². The van der Waals surface area contributed by atoms with E-state index < -0.39 is 10.5 Å². The molecule has 0 radical (unpaired) electrons. The molecule has 10 heteroatoms. The second-order valence-electron chi connectivity index (χ2n) is 3.94. The second-order valence-corrected chi connectivity index (χ2v) is 4.74. The largest absolute Gasteiger partial charge is 0.296 e. The quantitative estimate of drug-likeness (QED) is 0.402. The lowest BCUT2D eigenvalue weighted by atomic mass is 10.2. The SMILES string of the molecule is Cc1n[nH]c(=S)n(/N=C/c2ccc(Cl)c([N+](=O)[O-])c2)c1=O. The van der Waals surface area contributed by atoms with E-state index in [1.807, 2.05) is 0 Å². The fraction of sp³-hybridized carbons (Fsp3) is 0.0909. The van der Waals surface area contributed by atoms with E-state index in [9.17, 15) is 14.9 Å². The van der Waals surface area contributed by atoms with E-state index in [4.69, 9.17) is 23.8 Å². The highest BCUT2D eigenvalue weighted by Crippen LogP contribution is 2.24. The summed E-state index contributed by atoms with van der Waals surface area (Å²) in [7, 11) is 0. The third-order valence-corrected chi connectivity index (χ3v) is 3.09. The average molecular weight is 326 g/mol. The van der Waals surface area contributed by atoms with Gasteiger partial charge in [-0.3, -0.25) is 20.0 Å². The number of nitrogens with one attached hydrogen (secondary N) is 1. The molecule has 21 heavy (non-hydrogen) atoms. The molecule has 0 amide bonds. The molecule has 0 bridgehead atoms. The van der Waals surface area contributed by atoms with Gasteiger partial charge in [-0.2, -0.15) is 14.9 Å². The summed E-state index contributed by atoms with van der Waals surface area (Å²) in [4.78, 5) is 22.0. The maximum Gasteiger partial charge on any atom is 0.296 e. The lowest BCUT2D eigenvalue weighted by molar-refractivity contribution is -0.384. The molecular formula is C11H8ClN5O3S.